The van der Waals surface area contributed by atoms with Gasteiger partial charge >= 0.3 is 0 Å². The summed E-state index contributed by atoms with van der Waals surface area (Å²) in [4.78, 5) is 5.04. The first-order valence-corrected chi connectivity index (χ1v) is 8.94. The average Bonchev–Trinajstić information content (AvgIpc) is 3.09. The van der Waals surface area contributed by atoms with Crippen molar-refractivity contribution in [2.24, 2.45) is 0 Å². The summed E-state index contributed by atoms with van der Waals surface area (Å²) in [5.41, 5.74) is 6.45. The maximum Gasteiger partial charge on any atom is 0.144 e. The van der Waals surface area contributed by atoms with Crippen molar-refractivity contribution >= 4 is 17.3 Å². The molecule has 2 heterocycles. The van der Waals surface area contributed by atoms with E-state index < -0.39 is 0 Å². The van der Waals surface area contributed by atoms with Gasteiger partial charge < -0.3 is 9.88 Å². The molecule has 0 atom stereocenters. The second kappa shape index (κ2) is 6.04. The molecule has 4 heteroatoms. The third kappa shape index (κ3) is 2.40. The van der Waals surface area contributed by atoms with Crippen molar-refractivity contribution < 1.29 is 0 Å². The Kier molecular flexibility index (Phi) is 3.54. The van der Waals surface area contributed by atoms with Gasteiger partial charge in [0.15, 0.2) is 0 Å². The second-order valence-corrected chi connectivity index (χ2v) is 6.75. The van der Waals surface area contributed by atoms with E-state index in [1.54, 1.807) is 0 Å². The average molecular weight is 358 g/mol. The van der Waals surface area contributed by atoms with E-state index in [1.807, 2.05) is 42.5 Å². The maximum absolute atomic E-state index is 6.26. The van der Waals surface area contributed by atoms with Gasteiger partial charge in [-0.25, -0.2) is 4.98 Å². The van der Waals surface area contributed by atoms with Gasteiger partial charge in [0.2, 0.25) is 0 Å². The van der Waals surface area contributed by atoms with E-state index in [-0.39, 0.29) is 0 Å². The van der Waals surface area contributed by atoms with Gasteiger partial charge in [-0.05, 0) is 18.2 Å². The molecule has 1 N–H and O–H groups in total. The lowest BCUT2D eigenvalue weighted by molar-refractivity contribution is 0.776. The van der Waals surface area contributed by atoms with Crippen LogP contribution in [0.1, 0.15) is 0 Å². The first kappa shape index (κ1) is 15.2. The molecule has 126 valence electrons. The largest absolute Gasteiger partial charge is 0.367 e. The Hall–Kier alpha value is -3.04. The Morgan fingerprint density at radius 2 is 1.54 bits per heavy atom. The number of aromatic nitrogens is 2. The molecule has 5 rings (SSSR count). The molecule has 0 bridgehead atoms. The minimum atomic E-state index is 0.675. The molecule has 1 aliphatic heterocycles. The van der Waals surface area contributed by atoms with E-state index in [9.17, 15) is 0 Å². The fraction of sp³-hybridized carbons (Fsp3) is 0.0455. The van der Waals surface area contributed by atoms with Gasteiger partial charge in [0.1, 0.15) is 5.82 Å². The van der Waals surface area contributed by atoms with E-state index in [4.69, 9.17) is 16.6 Å². The van der Waals surface area contributed by atoms with Crippen LogP contribution in [0, 0.1) is 0 Å². The van der Waals surface area contributed by atoms with Gasteiger partial charge in [0.25, 0.3) is 0 Å². The summed E-state index contributed by atoms with van der Waals surface area (Å²) in [6.45, 7) is 0.675. The minimum absolute atomic E-state index is 0.675. The number of imidazole rings is 1. The predicted octanol–water partition coefficient (Wildman–Crippen LogP) is 5.92. The van der Waals surface area contributed by atoms with Gasteiger partial charge in [-0.1, -0.05) is 72.3 Å². The fourth-order valence-corrected chi connectivity index (χ4v) is 3.69. The first-order valence-electron chi connectivity index (χ1n) is 8.56. The highest BCUT2D eigenvalue weighted by Gasteiger charge is 2.25. The third-order valence-corrected chi connectivity index (χ3v) is 4.95. The van der Waals surface area contributed by atoms with Crippen LogP contribution in [0.5, 0.6) is 0 Å². The number of hydrogen-bond donors (Lipinski definition) is 1. The smallest absolute Gasteiger partial charge is 0.144 e. The zero-order valence-corrected chi connectivity index (χ0v) is 14.7. The van der Waals surface area contributed by atoms with Crippen LogP contribution in [0.15, 0.2) is 78.9 Å². The van der Waals surface area contributed by atoms with Gasteiger partial charge in [-0.3, -0.25) is 0 Å². The standard InChI is InChI=1S/C22H16ClN3/c23-17-11-12-19-18(13-17)22-25-20(15-7-3-1-4-8-15)21(26(22)14-24-19)16-9-5-2-6-10-16/h1-13,24H,14H2. The molecule has 26 heavy (non-hydrogen) atoms. The zero-order chi connectivity index (χ0) is 17.5. The number of anilines is 1. The van der Waals surface area contributed by atoms with E-state index in [0.29, 0.717) is 11.7 Å². The third-order valence-electron chi connectivity index (χ3n) is 4.71. The highest BCUT2D eigenvalue weighted by molar-refractivity contribution is 6.31. The molecule has 0 aliphatic carbocycles. The van der Waals surface area contributed by atoms with Gasteiger partial charge in [-0.15, -0.1) is 0 Å². The zero-order valence-electron chi connectivity index (χ0n) is 14.0. The Balaban J connectivity index is 1.82. The van der Waals surface area contributed by atoms with Gasteiger partial charge in [0.05, 0.1) is 18.1 Å². The predicted molar refractivity (Wildman–Crippen MR) is 107 cm³/mol. The number of benzene rings is 3. The van der Waals surface area contributed by atoms with Crippen molar-refractivity contribution in [1.82, 2.24) is 9.55 Å². The van der Waals surface area contributed by atoms with Crippen molar-refractivity contribution in [3.8, 4) is 33.9 Å². The molecule has 3 nitrogen and oxygen atoms in total. The number of rotatable bonds is 2. The number of nitrogens with zero attached hydrogens (tertiary/aromatic N) is 2. The molecular formula is C22H16ClN3. The van der Waals surface area contributed by atoms with Gasteiger partial charge in [0, 0.05) is 27.4 Å². The summed E-state index contributed by atoms with van der Waals surface area (Å²) in [7, 11) is 0. The van der Waals surface area contributed by atoms with E-state index in [2.05, 4.69) is 46.3 Å². The Morgan fingerprint density at radius 3 is 2.27 bits per heavy atom. The summed E-state index contributed by atoms with van der Waals surface area (Å²) < 4.78 is 2.23. The summed E-state index contributed by atoms with van der Waals surface area (Å²) in [6.07, 6.45) is 0. The number of fused-ring (bicyclic) bond motifs is 3. The summed E-state index contributed by atoms with van der Waals surface area (Å²) in [5, 5.41) is 4.20. The van der Waals surface area contributed by atoms with Crippen LogP contribution in [0.4, 0.5) is 5.69 Å². The summed E-state index contributed by atoms with van der Waals surface area (Å²) >= 11 is 6.26. The quantitative estimate of drug-likeness (QED) is 0.482. The van der Waals surface area contributed by atoms with Crippen molar-refractivity contribution in [2.45, 2.75) is 6.67 Å². The lowest BCUT2D eigenvalue weighted by Crippen LogP contribution is -2.16. The van der Waals surface area contributed by atoms with Crippen molar-refractivity contribution in [3.63, 3.8) is 0 Å². The highest BCUT2D eigenvalue weighted by Crippen LogP contribution is 2.41. The van der Waals surface area contributed by atoms with E-state index >= 15 is 0 Å². The van der Waals surface area contributed by atoms with Crippen LogP contribution in [0.2, 0.25) is 5.02 Å². The van der Waals surface area contributed by atoms with Crippen LogP contribution in [-0.2, 0) is 6.67 Å². The molecule has 0 fully saturated rings. The lowest BCUT2D eigenvalue weighted by atomic mass is 10.0. The molecule has 1 aromatic heterocycles. The molecule has 0 saturated heterocycles. The monoisotopic (exact) mass is 357 g/mol. The Labute approximate surface area is 156 Å². The fourth-order valence-electron chi connectivity index (χ4n) is 3.52. The molecule has 0 saturated carbocycles. The normalized spacial score (nSPS) is 12.2. The van der Waals surface area contributed by atoms with Crippen molar-refractivity contribution in [3.05, 3.63) is 83.9 Å². The minimum Gasteiger partial charge on any atom is -0.367 e. The van der Waals surface area contributed by atoms with Crippen molar-refractivity contribution in [2.75, 3.05) is 5.32 Å². The van der Waals surface area contributed by atoms with Crippen LogP contribution in [-0.4, -0.2) is 9.55 Å². The van der Waals surface area contributed by atoms with Crippen LogP contribution < -0.4 is 5.32 Å². The van der Waals surface area contributed by atoms with Crippen LogP contribution in [0.3, 0.4) is 0 Å². The SMILES string of the molecule is Clc1ccc2c(c1)-c1nc(-c3ccccc3)c(-c3ccccc3)n1CN2. The number of nitrogens with one attached hydrogen (secondary N) is 1. The number of hydrogen-bond acceptors (Lipinski definition) is 2. The van der Waals surface area contributed by atoms with Gasteiger partial charge in [-0.2, -0.15) is 0 Å². The molecule has 0 spiro atoms. The van der Waals surface area contributed by atoms with E-state index in [0.717, 1.165) is 39.6 Å². The highest BCUT2D eigenvalue weighted by atomic mass is 35.5. The molecule has 0 unspecified atom stereocenters. The molecule has 4 aromatic rings. The molecule has 0 amide bonds. The molecular weight excluding hydrogens is 342 g/mol. The Bertz CT molecular complexity index is 1090. The summed E-state index contributed by atoms with van der Waals surface area (Å²) in [6, 6.07) is 26.6. The molecule has 3 aromatic carbocycles. The lowest BCUT2D eigenvalue weighted by Gasteiger charge is -2.22. The first-order chi connectivity index (χ1) is 12.8. The molecule has 1 aliphatic rings. The number of halogens is 1. The maximum atomic E-state index is 6.26. The topological polar surface area (TPSA) is 29.9 Å². The van der Waals surface area contributed by atoms with E-state index in [1.165, 1.54) is 0 Å². The van der Waals surface area contributed by atoms with Crippen LogP contribution >= 0.6 is 11.6 Å². The summed E-state index contributed by atoms with van der Waals surface area (Å²) in [5.74, 6) is 0.943. The molecule has 0 radical (unpaired) electrons. The van der Waals surface area contributed by atoms with Crippen molar-refractivity contribution in [1.29, 1.82) is 0 Å². The van der Waals surface area contributed by atoms with Crippen LogP contribution in [0.25, 0.3) is 33.9 Å². The second-order valence-electron chi connectivity index (χ2n) is 6.32. The Morgan fingerprint density at radius 1 is 0.846 bits per heavy atom.